The van der Waals surface area contributed by atoms with E-state index in [9.17, 15) is 0 Å². The minimum absolute atomic E-state index is 0.637. The Morgan fingerprint density at radius 1 is 0.208 bits per heavy atom. The summed E-state index contributed by atoms with van der Waals surface area (Å²) in [5, 5.41) is 0. The number of hydrogen-bond donors (Lipinski definition) is 0. The molecule has 0 saturated carbocycles. The minimum atomic E-state index is 0.637. The highest BCUT2D eigenvalue weighted by atomic mass is 15.0. The zero-order chi connectivity index (χ0) is 32.1. The highest BCUT2D eigenvalue weighted by molar-refractivity contribution is 5.87. The molecule has 8 rings (SSSR count). The Morgan fingerprint density at radius 2 is 0.562 bits per heavy atom. The van der Waals surface area contributed by atoms with Gasteiger partial charge in [0, 0.05) is 16.7 Å². The summed E-state index contributed by atoms with van der Waals surface area (Å²) in [4.78, 5) is 15.0. The molecule has 0 fully saturated rings. The second-order valence-electron chi connectivity index (χ2n) is 11.7. The highest BCUT2D eigenvalue weighted by Crippen LogP contribution is 2.37. The van der Waals surface area contributed by atoms with Crippen LogP contribution in [0.2, 0.25) is 0 Å². The third-order valence-electron chi connectivity index (χ3n) is 8.56. The van der Waals surface area contributed by atoms with Crippen molar-refractivity contribution in [3.63, 3.8) is 0 Å². The zero-order valence-corrected chi connectivity index (χ0v) is 26.2. The highest BCUT2D eigenvalue weighted by Gasteiger charge is 2.15. The third kappa shape index (κ3) is 6.05. The molecule has 0 aliphatic rings. The maximum absolute atomic E-state index is 5.02. The molecule has 0 aliphatic carbocycles. The van der Waals surface area contributed by atoms with Crippen molar-refractivity contribution in [1.82, 2.24) is 15.0 Å². The Bertz CT molecular complexity index is 2300. The zero-order valence-electron chi connectivity index (χ0n) is 26.2. The first kappa shape index (κ1) is 29.0. The van der Waals surface area contributed by atoms with Gasteiger partial charge in [-0.25, -0.2) is 15.0 Å². The molecule has 7 aromatic carbocycles. The van der Waals surface area contributed by atoms with Crippen LogP contribution in [0.1, 0.15) is 0 Å². The normalized spacial score (nSPS) is 10.9. The van der Waals surface area contributed by atoms with Crippen LogP contribution in [0.15, 0.2) is 188 Å². The minimum Gasteiger partial charge on any atom is -0.208 e. The molecule has 3 nitrogen and oxygen atoms in total. The van der Waals surface area contributed by atoms with Crippen molar-refractivity contribution in [2.75, 3.05) is 0 Å². The van der Waals surface area contributed by atoms with E-state index < -0.39 is 0 Å². The summed E-state index contributed by atoms with van der Waals surface area (Å²) in [6, 6.07) is 65.3. The second kappa shape index (κ2) is 13.1. The van der Waals surface area contributed by atoms with E-state index in [1.165, 1.54) is 27.8 Å². The van der Waals surface area contributed by atoms with Gasteiger partial charge < -0.3 is 0 Å². The van der Waals surface area contributed by atoms with Crippen molar-refractivity contribution in [3.8, 4) is 78.7 Å². The molecule has 1 heterocycles. The van der Waals surface area contributed by atoms with E-state index in [1.54, 1.807) is 0 Å². The van der Waals surface area contributed by atoms with Crippen LogP contribution in [0.3, 0.4) is 0 Å². The lowest BCUT2D eigenvalue weighted by Crippen LogP contribution is -2.00. The van der Waals surface area contributed by atoms with Gasteiger partial charge in [0.1, 0.15) is 0 Å². The number of nitrogens with zero attached hydrogens (tertiary/aromatic N) is 3. The molecule has 0 spiro atoms. The first-order valence-corrected chi connectivity index (χ1v) is 16.1. The predicted molar refractivity (Wildman–Crippen MR) is 198 cm³/mol. The predicted octanol–water partition coefficient (Wildman–Crippen LogP) is 11.5. The molecule has 3 heteroatoms. The van der Waals surface area contributed by atoms with Gasteiger partial charge in [-0.15, -0.1) is 0 Å². The van der Waals surface area contributed by atoms with E-state index in [0.29, 0.717) is 17.5 Å². The van der Waals surface area contributed by atoms with Gasteiger partial charge in [0.15, 0.2) is 17.5 Å². The average molecular weight is 614 g/mol. The lowest BCUT2D eigenvalue weighted by Gasteiger charge is -2.14. The number of aromatic nitrogens is 3. The van der Waals surface area contributed by atoms with Crippen molar-refractivity contribution >= 4 is 0 Å². The average Bonchev–Trinajstić information content (AvgIpc) is 3.19. The van der Waals surface area contributed by atoms with E-state index in [-0.39, 0.29) is 0 Å². The van der Waals surface area contributed by atoms with Crippen LogP contribution in [-0.4, -0.2) is 15.0 Å². The van der Waals surface area contributed by atoms with Gasteiger partial charge in [0.25, 0.3) is 0 Å². The Balaban J connectivity index is 1.20. The van der Waals surface area contributed by atoms with Crippen LogP contribution in [0.5, 0.6) is 0 Å². The van der Waals surface area contributed by atoms with Gasteiger partial charge in [-0.05, 0) is 56.6 Å². The van der Waals surface area contributed by atoms with Crippen molar-refractivity contribution in [2.45, 2.75) is 0 Å². The van der Waals surface area contributed by atoms with E-state index in [2.05, 4.69) is 152 Å². The number of rotatable bonds is 7. The quantitative estimate of drug-likeness (QED) is 0.179. The van der Waals surface area contributed by atoms with Gasteiger partial charge in [0.05, 0.1) is 0 Å². The van der Waals surface area contributed by atoms with E-state index in [1.807, 2.05) is 36.4 Å². The molecule has 1 aromatic heterocycles. The van der Waals surface area contributed by atoms with Crippen LogP contribution in [0, 0.1) is 0 Å². The molecule has 48 heavy (non-hydrogen) atoms. The SMILES string of the molecule is c1ccc(-c2cccc(-c3nc(-c4ccccc4)nc(-c4ccc(-c5ccc(-c6ccccc6)cc5-c5ccccc5)cc4)n3)c2)cc1. The Kier molecular flexibility index (Phi) is 7.92. The lowest BCUT2D eigenvalue weighted by molar-refractivity contribution is 1.07. The third-order valence-corrected chi connectivity index (χ3v) is 8.56. The number of hydrogen-bond acceptors (Lipinski definition) is 3. The van der Waals surface area contributed by atoms with Gasteiger partial charge >= 0.3 is 0 Å². The van der Waals surface area contributed by atoms with E-state index in [0.717, 1.165) is 33.4 Å². The van der Waals surface area contributed by atoms with Crippen LogP contribution in [0.4, 0.5) is 0 Å². The molecular weight excluding hydrogens is 583 g/mol. The summed E-state index contributed by atoms with van der Waals surface area (Å²) in [7, 11) is 0. The Morgan fingerprint density at radius 3 is 1.12 bits per heavy atom. The maximum atomic E-state index is 5.02. The molecule has 0 unspecified atom stereocenters. The molecule has 8 aromatic rings. The molecular formula is C45H31N3. The van der Waals surface area contributed by atoms with Crippen molar-refractivity contribution in [1.29, 1.82) is 0 Å². The number of benzene rings is 7. The summed E-state index contributed by atoms with van der Waals surface area (Å²) >= 11 is 0. The molecule has 226 valence electrons. The van der Waals surface area contributed by atoms with Crippen LogP contribution >= 0.6 is 0 Å². The van der Waals surface area contributed by atoms with Crippen LogP contribution < -0.4 is 0 Å². The van der Waals surface area contributed by atoms with Crippen LogP contribution in [0.25, 0.3) is 78.7 Å². The Hall–Kier alpha value is -6.45. The lowest BCUT2D eigenvalue weighted by atomic mass is 9.91. The molecule has 0 amide bonds. The topological polar surface area (TPSA) is 38.7 Å². The fourth-order valence-corrected chi connectivity index (χ4v) is 6.08. The van der Waals surface area contributed by atoms with Crippen molar-refractivity contribution in [3.05, 3.63) is 188 Å². The summed E-state index contributed by atoms with van der Waals surface area (Å²) in [5.74, 6) is 1.93. The van der Waals surface area contributed by atoms with Gasteiger partial charge in [0.2, 0.25) is 0 Å². The molecule has 0 bridgehead atoms. The van der Waals surface area contributed by atoms with Gasteiger partial charge in [-0.1, -0.05) is 176 Å². The molecule has 0 radical (unpaired) electrons. The fraction of sp³-hybridized carbons (Fsp3) is 0. The van der Waals surface area contributed by atoms with Gasteiger partial charge in [-0.2, -0.15) is 0 Å². The maximum Gasteiger partial charge on any atom is 0.164 e. The summed E-state index contributed by atoms with van der Waals surface area (Å²) < 4.78 is 0. The standard InChI is InChI=1S/C45H31N3/c1-5-14-32(15-6-1)38-22-13-23-40(30-38)45-47-43(36-20-11-4-12-21-36)46-44(48-45)37-26-24-35(25-27-37)41-29-28-39(33-16-7-2-8-17-33)31-42(41)34-18-9-3-10-19-34/h1-31H. The summed E-state index contributed by atoms with van der Waals surface area (Å²) in [6.45, 7) is 0. The Labute approximate surface area is 280 Å². The smallest absolute Gasteiger partial charge is 0.164 e. The summed E-state index contributed by atoms with van der Waals surface area (Å²) in [5.41, 5.74) is 12.2. The van der Waals surface area contributed by atoms with E-state index >= 15 is 0 Å². The molecule has 0 atom stereocenters. The first-order valence-electron chi connectivity index (χ1n) is 16.1. The van der Waals surface area contributed by atoms with Crippen molar-refractivity contribution < 1.29 is 0 Å². The molecule has 0 N–H and O–H groups in total. The van der Waals surface area contributed by atoms with Gasteiger partial charge in [-0.3, -0.25) is 0 Å². The summed E-state index contributed by atoms with van der Waals surface area (Å²) in [6.07, 6.45) is 0. The van der Waals surface area contributed by atoms with Crippen LogP contribution in [-0.2, 0) is 0 Å². The monoisotopic (exact) mass is 613 g/mol. The molecule has 0 saturated heterocycles. The first-order chi connectivity index (χ1) is 23.8. The van der Waals surface area contributed by atoms with Crippen molar-refractivity contribution in [2.24, 2.45) is 0 Å². The molecule has 0 aliphatic heterocycles. The van der Waals surface area contributed by atoms with E-state index in [4.69, 9.17) is 15.0 Å². The largest absolute Gasteiger partial charge is 0.208 e. The second-order valence-corrected chi connectivity index (χ2v) is 11.7. The fourth-order valence-electron chi connectivity index (χ4n) is 6.08.